The van der Waals surface area contributed by atoms with Crippen molar-refractivity contribution in [2.24, 2.45) is 5.73 Å². The Morgan fingerprint density at radius 3 is 2.52 bits per heavy atom. The third-order valence-electron chi connectivity index (χ3n) is 3.66. The number of anilines is 1. The van der Waals surface area contributed by atoms with Gasteiger partial charge < -0.3 is 11.1 Å². The highest BCUT2D eigenvalue weighted by Gasteiger charge is 2.28. The number of sulfonamides is 1. The molecule has 0 aliphatic carbocycles. The summed E-state index contributed by atoms with van der Waals surface area (Å²) in [6.07, 6.45) is 1.34. The first kappa shape index (κ1) is 15.9. The summed E-state index contributed by atoms with van der Waals surface area (Å²) in [4.78, 5) is 11.4. The van der Waals surface area contributed by atoms with Gasteiger partial charge in [-0.15, -0.1) is 0 Å². The Kier molecular flexibility index (Phi) is 4.65. The summed E-state index contributed by atoms with van der Waals surface area (Å²) in [6, 6.07) is 4.86. The zero-order chi connectivity index (χ0) is 15.6. The van der Waals surface area contributed by atoms with Crippen LogP contribution in [0.1, 0.15) is 25.3 Å². The highest BCUT2D eigenvalue weighted by Crippen LogP contribution is 2.25. The molecule has 2 rings (SSSR count). The number of carbonyl (C=O) groups excluding carboxylic acids is 1. The van der Waals surface area contributed by atoms with Gasteiger partial charge >= 0.3 is 0 Å². The second-order valence-electron chi connectivity index (χ2n) is 5.40. The summed E-state index contributed by atoms with van der Waals surface area (Å²) in [7, 11) is -3.53. The van der Waals surface area contributed by atoms with E-state index in [0.29, 0.717) is 31.6 Å². The molecule has 6 nitrogen and oxygen atoms in total. The zero-order valence-electron chi connectivity index (χ0n) is 12.3. The van der Waals surface area contributed by atoms with E-state index >= 15 is 0 Å². The molecule has 3 N–H and O–H groups in total. The maximum atomic E-state index is 12.6. The third kappa shape index (κ3) is 3.61. The van der Waals surface area contributed by atoms with E-state index in [4.69, 9.17) is 5.73 Å². The van der Waals surface area contributed by atoms with E-state index in [-0.39, 0.29) is 16.8 Å². The van der Waals surface area contributed by atoms with Crippen molar-refractivity contribution in [1.29, 1.82) is 0 Å². The minimum absolute atomic E-state index is 0.0735. The summed E-state index contributed by atoms with van der Waals surface area (Å²) < 4.78 is 26.7. The molecule has 0 spiro atoms. The normalized spacial score (nSPS) is 17.7. The molecular formula is C14H21N3O3S. The Morgan fingerprint density at radius 1 is 1.33 bits per heavy atom. The van der Waals surface area contributed by atoms with E-state index in [0.717, 1.165) is 5.56 Å². The summed E-state index contributed by atoms with van der Waals surface area (Å²) in [5.41, 5.74) is 7.16. The molecule has 7 heteroatoms. The predicted molar refractivity (Wildman–Crippen MR) is 81.5 cm³/mol. The zero-order valence-corrected chi connectivity index (χ0v) is 13.1. The van der Waals surface area contributed by atoms with Crippen LogP contribution in [0.3, 0.4) is 0 Å². The van der Waals surface area contributed by atoms with Crippen molar-refractivity contribution < 1.29 is 13.2 Å². The van der Waals surface area contributed by atoms with Gasteiger partial charge in [0.15, 0.2) is 0 Å². The molecule has 0 unspecified atom stereocenters. The van der Waals surface area contributed by atoms with Crippen molar-refractivity contribution >= 4 is 21.6 Å². The van der Waals surface area contributed by atoms with Crippen LogP contribution in [0.2, 0.25) is 0 Å². The Labute approximate surface area is 125 Å². The lowest BCUT2D eigenvalue weighted by molar-refractivity contribution is -0.114. The summed E-state index contributed by atoms with van der Waals surface area (Å²) in [5.74, 6) is -0.225. The largest absolute Gasteiger partial charge is 0.328 e. The van der Waals surface area contributed by atoms with Gasteiger partial charge in [-0.25, -0.2) is 8.42 Å². The van der Waals surface area contributed by atoms with Gasteiger partial charge in [-0.2, -0.15) is 4.31 Å². The van der Waals surface area contributed by atoms with Gasteiger partial charge in [-0.1, -0.05) is 6.07 Å². The van der Waals surface area contributed by atoms with Gasteiger partial charge in [-0.05, 0) is 37.5 Å². The molecule has 0 aromatic heterocycles. The van der Waals surface area contributed by atoms with Crippen molar-refractivity contribution in [1.82, 2.24) is 4.31 Å². The number of rotatable bonds is 3. The molecule has 1 aromatic rings. The molecule has 0 saturated carbocycles. The van der Waals surface area contributed by atoms with Crippen LogP contribution in [-0.2, 0) is 14.8 Å². The second kappa shape index (κ2) is 6.13. The van der Waals surface area contributed by atoms with Crippen LogP contribution >= 0.6 is 0 Å². The molecule has 21 heavy (non-hydrogen) atoms. The van der Waals surface area contributed by atoms with E-state index in [1.807, 2.05) is 6.92 Å². The van der Waals surface area contributed by atoms with Gasteiger partial charge in [0, 0.05) is 31.7 Å². The molecule has 1 amide bonds. The van der Waals surface area contributed by atoms with Crippen molar-refractivity contribution in [3.8, 4) is 0 Å². The van der Waals surface area contributed by atoms with Crippen LogP contribution < -0.4 is 11.1 Å². The predicted octanol–water partition coefficient (Wildman–Crippen LogP) is 1.07. The molecule has 1 aromatic carbocycles. The lowest BCUT2D eigenvalue weighted by Gasteiger charge is -2.29. The Morgan fingerprint density at radius 2 is 1.95 bits per heavy atom. The minimum Gasteiger partial charge on any atom is -0.328 e. The fraction of sp³-hybridized carbons (Fsp3) is 0.500. The molecular weight excluding hydrogens is 290 g/mol. The lowest BCUT2D eigenvalue weighted by atomic mass is 10.1. The maximum absolute atomic E-state index is 12.6. The van der Waals surface area contributed by atoms with Crippen molar-refractivity contribution in [3.63, 3.8) is 0 Å². The van der Waals surface area contributed by atoms with Crippen molar-refractivity contribution in [2.75, 3.05) is 18.4 Å². The molecule has 116 valence electrons. The smallest absolute Gasteiger partial charge is 0.243 e. The van der Waals surface area contributed by atoms with Crippen molar-refractivity contribution in [2.45, 2.75) is 37.6 Å². The van der Waals surface area contributed by atoms with Crippen LogP contribution in [0.15, 0.2) is 23.1 Å². The van der Waals surface area contributed by atoms with Gasteiger partial charge in [0.05, 0.1) is 4.90 Å². The highest BCUT2D eigenvalue weighted by atomic mass is 32.2. The minimum atomic E-state index is -3.53. The monoisotopic (exact) mass is 311 g/mol. The number of hydrogen-bond donors (Lipinski definition) is 2. The van der Waals surface area contributed by atoms with E-state index in [9.17, 15) is 13.2 Å². The van der Waals surface area contributed by atoms with Gasteiger partial charge in [0.25, 0.3) is 0 Å². The quantitative estimate of drug-likeness (QED) is 0.873. The van der Waals surface area contributed by atoms with E-state index in [1.165, 1.54) is 17.3 Å². The van der Waals surface area contributed by atoms with Gasteiger partial charge in [0.1, 0.15) is 0 Å². The van der Waals surface area contributed by atoms with Gasteiger partial charge in [-0.3, -0.25) is 4.79 Å². The van der Waals surface area contributed by atoms with Crippen LogP contribution in [-0.4, -0.2) is 37.8 Å². The average Bonchev–Trinajstić information content (AvgIpc) is 2.41. The number of aryl methyl sites for hydroxylation is 1. The first-order chi connectivity index (χ1) is 9.80. The number of hydrogen-bond acceptors (Lipinski definition) is 4. The van der Waals surface area contributed by atoms with E-state index in [1.54, 1.807) is 12.1 Å². The second-order valence-corrected chi connectivity index (χ2v) is 7.34. The van der Waals surface area contributed by atoms with Gasteiger partial charge in [0.2, 0.25) is 15.9 Å². The number of amides is 1. The molecule has 1 aliphatic rings. The number of nitrogens with one attached hydrogen (secondary N) is 1. The summed E-state index contributed by atoms with van der Waals surface area (Å²) in [5, 5.41) is 2.65. The molecule has 1 aliphatic heterocycles. The lowest BCUT2D eigenvalue weighted by Crippen LogP contribution is -2.42. The van der Waals surface area contributed by atoms with Crippen molar-refractivity contribution in [3.05, 3.63) is 23.8 Å². The van der Waals surface area contributed by atoms with Crippen LogP contribution in [0.25, 0.3) is 0 Å². The molecule has 1 fully saturated rings. The number of nitrogens with two attached hydrogens (primary N) is 1. The van der Waals surface area contributed by atoms with E-state index in [2.05, 4.69) is 5.32 Å². The average molecular weight is 311 g/mol. The molecule has 1 saturated heterocycles. The molecule has 1 heterocycles. The standard InChI is InChI=1S/C14H21N3O3S/c1-10-3-4-13(9-14(10)16-11(2)18)21(19,20)17-7-5-12(15)6-8-17/h3-4,9,12H,5-8,15H2,1-2H3,(H,16,18). The number of piperidine rings is 1. The number of carbonyl (C=O) groups is 1. The maximum Gasteiger partial charge on any atom is 0.243 e. The fourth-order valence-electron chi connectivity index (χ4n) is 2.35. The Hall–Kier alpha value is -1.44. The van der Waals surface area contributed by atoms with Crippen LogP contribution in [0.4, 0.5) is 5.69 Å². The molecule has 0 radical (unpaired) electrons. The SMILES string of the molecule is CC(=O)Nc1cc(S(=O)(=O)N2CCC(N)CC2)ccc1C. The third-order valence-corrected chi connectivity index (χ3v) is 5.55. The summed E-state index contributed by atoms with van der Waals surface area (Å²) in [6.45, 7) is 4.09. The topological polar surface area (TPSA) is 92.5 Å². The van der Waals surface area contributed by atoms with Crippen LogP contribution in [0.5, 0.6) is 0 Å². The Balaban J connectivity index is 2.30. The molecule has 0 atom stereocenters. The number of benzene rings is 1. The van der Waals surface area contributed by atoms with Crippen LogP contribution in [0, 0.1) is 6.92 Å². The number of nitrogens with zero attached hydrogens (tertiary/aromatic N) is 1. The summed E-state index contributed by atoms with van der Waals surface area (Å²) >= 11 is 0. The highest BCUT2D eigenvalue weighted by molar-refractivity contribution is 7.89. The molecule has 0 bridgehead atoms. The Bertz CT molecular complexity index is 635. The first-order valence-corrected chi connectivity index (χ1v) is 8.38. The fourth-order valence-corrected chi connectivity index (χ4v) is 3.85. The first-order valence-electron chi connectivity index (χ1n) is 6.94. The van der Waals surface area contributed by atoms with E-state index < -0.39 is 10.0 Å².